The number of ether oxygens (including phenoxy) is 3. The van der Waals surface area contributed by atoms with Gasteiger partial charge in [0.25, 0.3) is 0 Å². The summed E-state index contributed by atoms with van der Waals surface area (Å²) in [6, 6.07) is 5.80. The van der Waals surface area contributed by atoms with Crippen molar-refractivity contribution in [1.82, 2.24) is 0 Å². The number of fused-ring (bicyclic) bond motifs is 1. The molecular formula is C15H18O4. The lowest BCUT2D eigenvalue weighted by molar-refractivity contribution is -0.137. The van der Waals surface area contributed by atoms with E-state index in [2.05, 4.69) is 0 Å². The summed E-state index contributed by atoms with van der Waals surface area (Å²) in [7, 11) is 0. The molecule has 0 atom stereocenters. The fraction of sp³-hybridized carbons (Fsp3) is 0.400. The van der Waals surface area contributed by atoms with E-state index in [1.165, 1.54) is 6.08 Å². The van der Waals surface area contributed by atoms with Crippen molar-refractivity contribution in [3.05, 3.63) is 35.9 Å². The summed E-state index contributed by atoms with van der Waals surface area (Å²) in [4.78, 5) is 11.4. The maximum Gasteiger partial charge on any atom is 0.330 e. The molecule has 1 aromatic carbocycles. The van der Waals surface area contributed by atoms with E-state index in [1.807, 2.05) is 38.1 Å². The fourth-order valence-electron chi connectivity index (χ4n) is 1.86. The Morgan fingerprint density at radius 1 is 1.37 bits per heavy atom. The molecule has 0 saturated carbocycles. The summed E-state index contributed by atoms with van der Waals surface area (Å²) in [5.74, 6) is 1.18. The zero-order chi connectivity index (χ0) is 13.9. The maximum absolute atomic E-state index is 11.4. The third-order valence-corrected chi connectivity index (χ3v) is 3.04. The predicted octanol–water partition coefficient (Wildman–Crippen LogP) is 2.81. The minimum Gasteiger partial charge on any atom is -0.463 e. The molecule has 1 aromatic rings. The molecule has 0 bridgehead atoms. The molecule has 1 aliphatic heterocycles. The molecule has 0 radical (unpaired) electrons. The van der Waals surface area contributed by atoms with Crippen LogP contribution in [0.4, 0.5) is 0 Å². The van der Waals surface area contributed by atoms with Gasteiger partial charge in [-0.2, -0.15) is 0 Å². The van der Waals surface area contributed by atoms with Crippen LogP contribution in [-0.4, -0.2) is 19.4 Å². The lowest BCUT2D eigenvalue weighted by atomic mass is 9.84. The number of benzene rings is 1. The topological polar surface area (TPSA) is 44.8 Å². The van der Waals surface area contributed by atoms with E-state index in [4.69, 9.17) is 14.2 Å². The standard InChI is InChI=1S/C15H18O4/c1-4-17-14(16)7-8-15(2,3)11-5-6-12-13(9-11)19-10-18-12/h5-9H,4,10H2,1-3H3/b8-7+. The lowest BCUT2D eigenvalue weighted by Gasteiger charge is -2.21. The van der Waals surface area contributed by atoms with Crippen molar-refractivity contribution in [3.8, 4) is 11.5 Å². The first kappa shape index (κ1) is 13.5. The highest BCUT2D eigenvalue weighted by Gasteiger charge is 2.21. The van der Waals surface area contributed by atoms with Gasteiger partial charge in [-0.25, -0.2) is 4.79 Å². The second kappa shape index (κ2) is 5.34. The average molecular weight is 262 g/mol. The number of esters is 1. The van der Waals surface area contributed by atoms with Crippen LogP contribution < -0.4 is 9.47 Å². The summed E-state index contributed by atoms with van der Waals surface area (Å²) in [6.45, 7) is 6.49. The number of carbonyl (C=O) groups is 1. The molecule has 0 fully saturated rings. The highest BCUT2D eigenvalue weighted by atomic mass is 16.7. The molecule has 0 unspecified atom stereocenters. The molecule has 0 spiro atoms. The Morgan fingerprint density at radius 3 is 2.84 bits per heavy atom. The van der Waals surface area contributed by atoms with Gasteiger partial charge in [-0.05, 0) is 24.6 Å². The van der Waals surface area contributed by atoms with Crippen LogP contribution >= 0.6 is 0 Å². The highest BCUT2D eigenvalue weighted by molar-refractivity contribution is 5.82. The molecule has 0 N–H and O–H groups in total. The summed E-state index contributed by atoms with van der Waals surface area (Å²) < 4.78 is 15.5. The maximum atomic E-state index is 11.4. The molecule has 0 saturated heterocycles. The van der Waals surface area contributed by atoms with Gasteiger partial charge in [0.1, 0.15) is 0 Å². The van der Waals surface area contributed by atoms with Crippen molar-refractivity contribution in [3.63, 3.8) is 0 Å². The summed E-state index contributed by atoms with van der Waals surface area (Å²) >= 11 is 0. The van der Waals surface area contributed by atoms with Crippen LogP contribution in [0.1, 0.15) is 26.3 Å². The van der Waals surface area contributed by atoms with Crippen LogP contribution in [0.15, 0.2) is 30.4 Å². The quantitative estimate of drug-likeness (QED) is 0.618. The number of hydrogen-bond acceptors (Lipinski definition) is 4. The Hall–Kier alpha value is -1.97. The monoisotopic (exact) mass is 262 g/mol. The molecule has 1 aliphatic rings. The third-order valence-electron chi connectivity index (χ3n) is 3.04. The largest absolute Gasteiger partial charge is 0.463 e. The van der Waals surface area contributed by atoms with Gasteiger partial charge in [0.2, 0.25) is 6.79 Å². The SMILES string of the molecule is CCOC(=O)/C=C/C(C)(C)c1ccc2c(c1)OCO2. The van der Waals surface area contributed by atoms with E-state index in [0.29, 0.717) is 6.61 Å². The number of allylic oxidation sites excluding steroid dienone is 1. The van der Waals surface area contributed by atoms with E-state index in [-0.39, 0.29) is 18.2 Å². The Balaban J connectivity index is 2.17. The van der Waals surface area contributed by atoms with Crippen LogP contribution in [0, 0.1) is 0 Å². The second-order valence-electron chi connectivity index (χ2n) is 4.88. The molecule has 102 valence electrons. The van der Waals surface area contributed by atoms with Crippen LogP contribution in [-0.2, 0) is 14.9 Å². The fourth-order valence-corrected chi connectivity index (χ4v) is 1.86. The Labute approximate surface area is 113 Å². The van der Waals surface area contributed by atoms with Crippen molar-refractivity contribution in [2.24, 2.45) is 0 Å². The molecular weight excluding hydrogens is 244 g/mol. The van der Waals surface area contributed by atoms with E-state index >= 15 is 0 Å². The van der Waals surface area contributed by atoms with Crippen molar-refractivity contribution < 1.29 is 19.0 Å². The number of carbonyl (C=O) groups excluding carboxylic acids is 1. The van der Waals surface area contributed by atoms with Gasteiger partial charge in [-0.3, -0.25) is 0 Å². The van der Waals surface area contributed by atoms with E-state index < -0.39 is 0 Å². The van der Waals surface area contributed by atoms with Crippen LogP contribution in [0.3, 0.4) is 0 Å². The zero-order valence-corrected chi connectivity index (χ0v) is 11.4. The second-order valence-corrected chi connectivity index (χ2v) is 4.88. The van der Waals surface area contributed by atoms with Crippen molar-refractivity contribution in [1.29, 1.82) is 0 Å². The van der Waals surface area contributed by atoms with Crippen molar-refractivity contribution in [2.75, 3.05) is 13.4 Å². The average Bonchev–Trinajstić information content (AvgIpc) is 2.84. The molecule has 2 rings (SSSR count). The predicted molar refractivity (Wildman–Crippen MR) is 71.4 cm³/mol. The molecule has 4 nitrogen and oxygen atoms in total. The zero-order valence-electron chi connectivity index (χ0n) is 11.4. The molecule has 0 amide bonds. The van der Waals surface area contributed by atoms with Gasteiger partial charge in [-0.15, -0.1) is 0 Å². The Morgan fingerprint density at radius 2 is 2.11 bits per heavy atom. The van der Waals surface area contributed by atoms with E-state index in [1.54, 1.807) is 6.92 Å². The molecule has 19 heavy (non-hydrogen) atoms. The minimum absolute atomic E-state index is 0.262. The Bertz CT molecular complexity index is 503. The summed E-state index contributed by atoms with van der Waals surface area (Å²) in [5, 5.41) is 0. The molecule has 4 heteroatoms. The van der Waals surface area contributed by atoms with Crippen LogP contribution in [0.2, 0.25) is 0 Å². The first-order chi connectivity index (χ1) is 9.03. The Kier molecular flexibility index (Phi) is 3.79. The van der Waals surface area contributed by atoms with E-state index in [9.17, 15) is 4.79 Å². The first-order valence-electron chi connectivity index (χ1n) is 6.29. The molecule has 0 aromatic heterocycles. The molecule has 1 heterocycles. The normalized spacial score (nSPS) is 13.8. The highest BCUT2D eigenvalue weighted by Crippen LogP contribution is 2.36. The van der Waals surface area contributed by atoms with Gasteiger partial charge in [0.15, 0.2) is 11.5 Å². The number of rotatable bonds is 4. The van der Waals surface area contributed by atoms with Crippen molar-refractivity contribution in [2.45, 2.75) is 26.2 Å². The first-order valence-corrected chi connectivity index (χ1v) is 6.29. The van der Waals surface area contributed by atoms with E-state index in [0.717, 1.165) is 17.1 Å². The third kappa shape index (κ3) is 3.08. The van der Waals surface area contributed by atoms with Gasteiger partial charge >= 0.3 is 5.97 Å². The summed E-state index contributed by atoms with van der Waals surface area (Å²) in [6.07, 6.45) is 3.30. The smallest absolute Gasteiger partial charge is 0.330 e. The van der Waals surface area contributed by atoms with Gasteiger partial charge in [-0.1, -0.05) is 26.0 Å². The van der Waals surface area contributed by atoms with Crippen LogP contribution in [0.25, 0.3) is 0 Å². The van der Waals surface area contributed by atoms with Gasteiger partial charge in [0, 0.05) is 11.5 Å². The number of hydrogen-bond donors (Lipinski definition) is 0. The van der Waals surface area contributed by atoms with Gasteiger partial charge in [0.05, 0.1) is 6.61 Å². The van der Waals surface area contributed by atoms with Crippen LogP contribution in [0.5, 0.6) is 11.5 Å². The summed E-state index contributed by atoms with van der Waals surface area (Å²) in [5.41, 5.74) is 0.769. The van der Waals surface area contributed by atoms with Gasteiger partial charge < -0.3 is 14.2 Å². The minimum atomic E-state index is -0.323. The van der Waals surface area contributed by atoms with Crippen molar-refractivity contribution >= 4 is 5.97 Å². The lowest BCUT2D eigenvalue weighted by Crippen LogP contribution is -2.14. The molecule has 0 aliphatic carbocycles.